The van der Waals surface area contributed by atoms with Gasteiger partial charge in [0, 0.05) is 6.08 Å². The first kappa shape index (κ1) is 18.2. The Labute approximate surface area is 136 Å². The monoisotopic (exact) mass is 342 g/mol. The fourth-order valence-electron chi connectivity index (χ4n) is 2.19. The van der Waals surface area contributed by atoms with Crippen molar-refractivity contribution in [3.8, 4) is 11.5 Å². The van der Waals surface area contributed by atoms with Crippen LogP contribution in [0.4, 0.5) is 0 Å². The predicted molar refractivity (Wildman–Crippen MR) is 78.7 cm³/mol. The number of carbonyl (C=O) groups is 1. The highest BCUT2D eigenvalue weighted by atomic mass is 16.7. The van der Waals surface area contributed by atoms with E-state index in [1.807, 2.05) is 0 Å². The number of ether oxygens (including phenoxy) is 2. The van der Waals surface area contributed by atoms with Crippen LogP contribution >= 0.6 is 0 Å². The van der Waals surface area contributed by atoms with Crippen molar-refractivity contribution < 1.29 is 44.9 Å². The molecule has 5 atom stereocenters. The van der Waals surface area contributed by atoms with E-state index in [1.165, 1.54) is 24.3 Å². The van der Waals surface area contributed by atoms with Gasteiger partial charge >= 0.3 is 5.97 Å². The van der Waals surface area contributed by atoms with Crippen molar-refractivity contribution >= 4 is 12.0 Å². The minimum atomic E-state index is -1.71. The molecule has 0 aromatic heterocycles. The quantitative estimate of drug-likeness (QED) is 0.217. The molecule has 1 aliphatic heterocycles. The summed E-state index contributed by atoms with van der Waals surface area (Å²) in [5.74, 6) is -1.58. The Hall–Kier alpha value is -2.17. The molecule has 1 aliphatic rings. The lowest BCUT2D eigenvalue weighted by Crippen LogP contribution is -2.59. The first-order valence-electron chi connectivity index (χ1n) is 7.04. The van der Waals surface area contributed by atoms with Crippen LogP contribution in [0, 0.1) is 0 Å². The van der Waals surface area contributed by atoms with Gasteiger partial charge in [-0.1, -0.05) is 6.07 Å². The lowest BCUT2D eigenvalue weighted by atomic mass is 9.99. The number of aliphatic hydroxyl groups is 4. The molecule has 1 fully saturated rings. The van der Waals surface area contributed by atoms with E-state index in [4.69, 9.17) is 9.47 Å². The van der Waals surface area contributed by atoms with Gasteiger partial charge < -0.3 is 40.1 Å². The zero-order chi connectivity index (χ0) is 17.9. The highest BCUT2D eigenvalue weighted by Crippen LogP contribution is 2.26. The average molecular weight is 342 g/mol. The maximum absolute atomic E-state index is 11.8. The SMILES string of the molecule is O=C(/C=C/c1ccc(O)c(O)c1)OC1C(CO)OC(O)C(O)C1O. The van der Waals surface area contributed by atoms with Crippen LogP contribution < -0.4 is 0 Å². The second-order valence-corrected chi connectivity index (χ2v) is 5.21. The van der Waals surface area contributed by atoms with Crippen molar-refractivity contribution in [3.63, 3.8) is 0 Å². The summed E-state index contributed by atoms with van der Waals surface area (Å²) >= 11 is 0. The van der Waals surface area contributed by atoms with Gasteiger partial charge in [0.2, 0.25) is 0 Å². The van der Waals surface area contributed by atoms with Gasteiger partial charge in [-0.3, -0.25) is 0 Å². The molecule has 1 saturated heterocycles. The number of hydrogen-bond donors (Lipinski definition) is 6. The Kier molecular flexibility index (Phi) is 5.75. The number of phenols is 2. The fourth-order valence-corrected chi connectivity index (χ4v) is 2.19. The van der Waals surface area contributed by atoms with Crippen molar-refractivity contribution in [1.29, 1.82) is 0 Å². The molecule has 1 heterocycles. The summed E-state index contributed by atoms with van der Waals surface area (Å²) in [6.45, 7) is -0.645. The van der Waals surface area contributed by atoms with Gasteiger partial charge in [0.15, 0.2) is 23.9 Å². The summed E-state index contributed by atoms with van der Waals surface area (Å²) in [4.78, 5) is 11.8. The second kappa shape index (κ2) is 7.60. The Morgan fingerprint density at radius 1 is 1.17 bits per heavy atom. The Morgan fingerprint density at radius 3 is 2.50 bits per heavy atom. The van der Waals surface area contributed by atoms with Gasteiger partial charge in [0.05, 0.1) is 6.61 Å². The number of esters is 1. The molecular formula is C15H18O9. The van der Waals surface area contributed by atoms with Crippen LogP contribution in [-0.4, -0.2) is 73.9 Å². The van der Waals surface area contributed by atoms with E-state index in [0.717, 1.165) is 6.08 Å². The molecule has 0 saturated carbocycles. The molecule has 132 valence electrons. The van der Waals surface area contributed by atoms with E-state index in [2.05, 4.69) is 0 Å². The number of carbonyl (C=O) groups excluding carboxylic acids is 1. The number of aromatic hydroxyl groups is 2. The molecule has 6 N–H and O–H groups in total. The van der Waals surface area contributed by atoms with E-state index >= 15 is 0 Å². The van der Waals surface area contributed by atoms with E-state index in [9.17, 15) is 35.4 Å². The van der Waals surface area contributed by atoms with Crippen molar-refractivity contribution in [3.05, 3.63) is 29.8 Å². The summed E-state index contributed by atoms with van der Waals surface area (Å²) < 4.78 is 9.81. The third kappa shape index (κ3) is 4.02. The lowest BCUT2D eigenvalue weighted by Gasteiger charge is -2.39. The van der Waals surface area contributed by atoms with Gasteiger partial charge in [-0.05, 0) is 23.8 Å². The predicted octanol–water partition coefficient (Wildman–Crippen LogP) is -1.55. The molecule has 9 heteroatoms. The zero-order valence-electron chi connectivity index (χ0n) is 12.4. The average Bonchev–Trinajstić information content (AvgIpc) is 2.56. The normalized spacial score (nSPS) is 30.4. The van der Waals surface area contributed by atoms with E-state index in [1.54, 1.807) is 0 Å². The molecule has 9 nitrogen and oxygen atoms in total. The zero-order valence-corrected chi connectivity index (χ0v) is 12.4. The summed E-state index contributed by atoms with van der Waals surface area (Å²) in [6, 6.07) is 3.89. The Bertz CT molecular complexity index is 613. The third-order valence-corrected chi connectivity index (χ3v) is 3.50. The first-order valence-corrected chi connectivity index (χ1v) is 7.04. The Morgan fingerprint density at radius 2 is 1.88 bits per heavy atom. The highest BCUT2D eigenvalue weighted by Gasteiger charge is 2.45. The summed E-state index contributed by atoms with van der Waals surface area (Å²) in [5.41, 5.74) is 0.400. The minimum Gasteiger partial charge on any atom is -0.504 e. The molecular weight excluding hydrogens is 324 g/mol. The number of hydrogen-bond acceptors (Lipinski definition) is 9. The first-order chi connectivity index (χ1) is 11.3. The molecule has 0 amide bonds. The van der Waals surface area contributed by atoms with Gasteiger partial charge in [-0.25, -0.2) is 4.79 Å². The fraction of sp³-hybridized carbons (Fsp3) is 0.400. The van der Waals surface area contributed by atoms with Crippen molar-refractivity contribution in [2.75, 3.05) is 6.61 Å². The minimum absolute atomic E-state index is 0.310. The molecule has 0 spiro atoms. The van der Waals surface area contributed by atoms with E-state index < -0.39 is 43.3 Å². The maximum atomic E-state index is 11.8. The van der Waals surface area contributed by atoms with Crippen LogP contribution in [0.15, 0.2) is 24.3 Å². The summed E-state index contributed by atoms with van der Waals surface area (Å²) in [7, 11) is 0. The van der Waals surface area contributed by atoms with Crippen molar-refractivity contribution in [2.45, 2.75) is 30.7 Å². The standard InChI is InChI=1S/C15H18O9/c16-6-10-14(12(20)13(21)15(22)23-10)24-11(19)4-2-7-1-3-8(17)9(18)5-7/h1-5,10,12-18,20-22H,6H2/b4-2+. The molecule has 1 aromatic rings. The molecule has 5 unspecified atom stereocenters. The van der Waals surface area contributed by atoms with Crippen molar-refractivity contribution in [2.24, 2.45) is 0 Å². The van der Waals surface area contributed by atoms with Crippen LogP contribution in [0.3, 0.4) is 0 Å². The molecule has 2 rings (SSSR count). The van der Waals surface area contributed by atoms with Crippen LogP contribution in [0.1, 0.15) is 5.56 Å². The third-order valence-electron chi connectivity index (χ3n) is 3.50. The number of aliphatic hydroxyl groups excluding tert-OH is 4. The summed E-state index contributed by atoms with van der Waals surface area (Å²) in [5, 5.41) is 56.5. The second-order valence-electron chi connectivity index (χ2n) is 5.21. The van der Waals surface area contributed by atoms with Crippen LogP contribution in [0.25, 0.3) is 6.08 Å². The lowest BCUT2D eigenvalue weighted by molar-refractivity contribution is -0.289. The van der Waals surface area contributed by atoms with E-state index in [0.29, 0.717) is 5.56 Å². The van der Waals surface area contributed by atoms with Crippen molar-refractivity contribution in [1.82, 2.24) is 0 Å². The number of phenolic OH excluding ortho intramolecular Hbond substituents is 2. The molecule has 0 radical (unpaired) electrons. The maximum Gasteiger partial charge on any atom is 0.331 e. The highest BCUT2D eigenvalue weighted by molar-refractivity contribution is 5.87. The largest absolute Gasteiger partial charge is 0.504 e. The van der Waals surface area contributed by atoms with Crippen LogP contribution in [-0.2, 0) is 14.3 Å². The number of rotatable bonds is 4. The van der Waals surface area contributed by atoms with Gasteiger partial charge in [-0.2, -0.15) is 0 Å². The molecule has 0 bridgehead atoms. The van der Waals surface area contributed by atoms with Crippen LogP contribution in [0.2, 0.25) is 0 Å². The van der Waals surface area contributed by atoms with Gasteiger partial charge in [0.1, 0.15) is 18.3 Å². The Balaban J connectivity index is 2.04. The van der Waals surface area contributed by atoms with Gasteiger partial charge in [0.25, 0.3) is 0 Å². The van der Waals surface area contributed by atoms with E-state index in [-0.39, 0.29) is 11.5 Å². The molecule has 0 aliphatic carbocycles. The van der Waals surface area contributed by atoms with Crippen LogP contribution in [0.5, 0.6) is 11.5 Å². The molecule has 1 aromatic carbocycles. The topological polar surface area (TPSA) is 157 Å². The van der Waals surface area contributed by atoms with Gasteiger partial charge in [-0.15, -0.1) is 0 Å². The smallest absolute Gasteiger partial charge is 0.331 e. The number of benzene rings is 1. The summed E-state index contributed by atoms with van der Waals surface area (Å²) in [6.07, 6.45) is -5.33. The molecule has 24 heavy (non-hydrogen) atoms.